The molecule has 2 aromatic heterocycles. The van der Waals surface area contributed by atoms with Crippen LogP contribution < -0.4 is 4.72 Å². The van der Waals surface area contributed by atoms with Gasteiger partial charge in [0.2, 0.25) is 10.0 Å². The Labute approximate surface area is 118 Å². The number of nitrogens with zero attached hydrogens (tertiary/aromatic N) is 3. The molecule has 2 rings (SSSR count). The summed E-state index contributed by atoms with van der Waals surface area (Å²) in [4.78, 5) is 4.32. The third-order valence-corrected chi connectivity index (χ3v) is 4.32. The Balaban J connectivity index is 2.02. The number of aromatic nitrogens is 3. The molecule has 2 aromatic rings. The average molecular weight is 294 g/mol. The van der Waals surface area contributed by atoms with E-state index in [0.29, 0.717) is 6.42 Å². The van der Waals surface area contributed by atoms with E-state index in [1.165, 1.54) is 0 Å². The summed E-state index contributed by atoms with van der Waals surface area (Å²) in [6.45, 7) is 2.10. The van der Waals surface area contributed by atoms with Crippen molar-refractivity contribution in [1.82, 2.24) is 19.5 Å². The number of pyridine rings is 1. The highest BCUT2D eigenvalue weighted by Crippen LogP contribution is 2.15. The van der Waals surface area contributed by atoms with E-state index in [4.69, 9.17) is 0 Å². The summed E-state index contributed by atoms with van der Waals surface area (Å²) < 4.78 is 27.4. The molecular formula is C13H18N4O2S. The van der Waals surface area contributed by atoms with Crippen molar-refractivity contribution in [3.05, 3.63) is 36.3 Å². The van der Waals surface area contributed by atoms with Gasteiger partial charge in [0.25, 0.3) is 0 Å². The largest absolute Gasteiger partial charge is 0.275 e. The molecule has 2 heterocycles. The lowest BCUT2D eigenvalue weighted by molar-refractivity contribution is 0.580. The van der Waals surface area contributed by atoms with Crippen LogP contribution in [0.15, 0.2) is 30.7 Å². The van der Waals surface area contributed by atoms with Gasteiger partial charge in [-0.05, 0) is 18.1 Å². The SMILES string of the molecule is CCCS(=O)(=O)NCc1ccc(-c2cnn(C)c2)nc1. The molecule has 0 unspecified atom stereocenters. The van der Waals surface area contributed by atoms with Crippen LogP contribution in [-0.2, 0) is 23.6 Å². The van der Waals surface area contributed by atoms with Gasteiger partial charge in [-0.1, -0.05) is 13.0 Å². The molecule has 6 nitrogen and oxygen atoms in total. The minimum atomic E-state index is -3.18. The Hall–Kier alpha value is -1.73. The molecule has 1 N–H and O–H groups in total. The number of hydrogen-bond acceptors (Lipinski definition) is 4. The summed E-state index contributed by atoms with van der Waals surface area (Å²) in [5, 5.41) is 4.09. The van der Waals surface area contributed by atoms with Gasteiger partial charge >= 0.3 is 0 Å². The topological polar surface area (TPSA) is 76.9 Å². The lowest BCUT2D eigenvalue weighted by atomic mass is 10.2. The van der Waals surface area contributed by atoms with Crippen molar-refractivity contribution in [2.24, 2.45) is 7.05 Å². The zero-order chi connectivity index (χ0) is 14.6. The highest BCUT2D eigenvalue weighted by atomic mass is 32.2. The number of aryl methyl sites for hydroxylation is 1. The maximum Gasteiger partial charge on any atom is 0.211 e. The van der Waals surface area contributed by atoms with Gasteiger partial charge < -0.3 is 0 Å². The first-order valence-corrected chi connectivity index (χ1v) is 8.06. The fraction of sp³-hybridized carbons (Fsp3) is 0.385. The minimum Gasteiger partial charge on any atom is -0.275 e. The number of sulfonamides is 1. The zero-order valence-corrected chi connectivity index (χ0v) is 12.4. The number of rotatable bonds is 6. The third-order valence-electron chi connectivity index (χ3n) is 2.79. The molecular weight excluding hydrogens is 276 g/mol. The van der Waals surface area contributed by atoms with Crippen LogP contribution in [0.4, 0.5) is 0 Å². The van der Waals surface area contributed by atoms with Gasteiger partial charge in [0.1, 0.15) is 0 Å². The first-order chi connectivity index (χ1) is 9.50. The maximum absolute atomic E-state index is 11.6. The highest BCUT2D eigenvalue weighted by molar-refractivity contribution is 7.89. The van der Waals surface area contributed by atoms with E-state index in [9.17, 15) is 8.42 Å². The average Bonchev–Trinajstić information content (AvgIpc) is 2.84. The molecule has 0 aliphatic carbocycles. The summed E-state index contributed by atoms with van der Waals surface area (Å²) in [6, 6.07) is 3.73. The second kappa shape index (κ2) is 6.15. The monoisotopic (exact) mass is 294 g/mol. The molecule has 0 bridgehead atoms. The van der Waals surface area contributed by atoms with Crippen molar-refractivity contribution in [1.29, 1.82) is 0 Å². The van der Waals surface area contributed by atoms with Gasteiger partial charge in [-0.25, -0.2) is 13.1 Å². The van der Waals surface area contributed by atoms with Gasteiger partial charge in [0, 0.05) is 31.5 Å². The van der Waals surface area contributed by atoms with E-state index in [2.05, 4.69) is 14.8 Å². The normalized spacial score (nSPS) is 11.7. The van der Waals surface area contributed by atoms with Crippen LogP contribution in [0.3, 0.4) is 0 Å². The Morgan fingerprint density at radius 3 is 2.65 bits per heavy atom. The maximum atomic E-state index is 11.6. The van der Waals surface area contributed by atoms with Gasteiger partial charge in [-0.2, -0.15) is 5.10 Å². The molecule has 0 fully saturated rings. The van der Waals surface area contributed by atoms with E-state index in [0.717, 1.165) is 16.8 Å². The van der Waals surface area contributed by atoms with Crippen LogP contribution in [0.25, 0.3) is 11.3 Å². The predicted octanol–water partition coefficient (Wildman–Crippen LogP) is 1.31. The van der Waals surface area contributed by atoms with Gasteiger partial charge in [-0.15, -0.1) is 0 Å². The van der Waals surface area contributed by atoms with Crippen molar-refractivity contribution in [3.8, 4) is 11.3 Å². The summed E-state index contributed by atoms with van der Waals surface area (Å²) >= 11 is 0. The molecule has 108 valence electrons. The van der Waals surface area contributed by atoms with Crippen LogP contribution in [0, 0.1) is 0 Å². The minimum absolute atomic E-state index is 0.147. The van der Waals surface area contributed by atoms with E-state index < -0.39 is 10.0 Å². The first kappa shape index (κ1) is 14.7. The Bertz CT molecular complexity index is 662. The Morgan fingerprint density at radius 2 is 2.10 bits per heavy atom. The smallest absolute Gasteiger partial charge is 0.211 e. The van der Waals surface area contributed by atoms with Crippen LogP contribution >= 0.6 is 0 Å². The van der Waals surface area contributed by atoms with Crippen molar-refractivity contribution >= 4 is 10.0 Å². The lowest BCUT2D eigenvalue weighted by Crippen LogP contribution is -2.25. The summed E-state index contributed by atoms with van der Waals surface area (Å²) in [5.41, 5.74) is 2.58. The Morgan fingerprint density at radius 1 is 1.30 bits per heavy atom. The standard InChI is InChI=1S/C13H18N4O2S/c1-3-6-20(18,19)16-8-11-4-5-13(14-7-11)12-9-15-17(2)10-12/h4-5,7,9-10,16H,3,6,8H2,1-2H3. The first-order valence-electron chi connectivity index (χ1n) is 6.41. The van der Waals surface area contributed by atoms with Crippen LogP contribution in [0.1, 0.15) is 18.9 Å². The molecule has 20 heavy (non-hydrogen) atoms. The Kier molecular flexibility index (Phi) is 4.51. The zero-order valence-electron chi connectivity index (χ0n) is 11.6. The highest BCUT2D eigenvalue weighted by Gasteiger charge is 2.08. The van der Waals surface area contributed by atoms with Crippen molar-refractivity contribution in [3.63, 3.8) is 0 Å². The third kappa shape index (κ3) is 3.88. The van der Waals surface area contributed by atoms with Gasteiger partial charge in [0.15, 0.2) is 0 Å². The molecule has 0 radical (unpaired) electrons. The van der Waals surface area contributed by atoms with Crippen molar-refractivity contribution < 1.29 is 8.42 Å². The lowest BCUT2D eigenvalue weighted by Gasteiger charge is -2.05. The second-order valence-corrected chi connectivity index (χ2v) is 6.52. The molecule has 0 saturated heterocycles. The van der Waals surface area contributed by atoms with Crippen molar-refractivity contribution in [2.75, 3.05) is 5.75 Å². The second-order valence-electron chi connectivity index (χ2n) is 4.59. The van der Waals surface area contributed by atoms with Crippen molar-refractivity contribution in [2.45, 2.75) is 19.9 Å². The van der Waals surface area contributed by atoms with Gasteiger partial charge in [-0.3, -0.25) is 9.67 Å². The number of nitrogens with one attached hydrogen (secondary N) is 1. The fourth-order valence-electron chi connectivity index (χ4n) is 1.79. The van der Waals surface area contributed by atoms with Crippen LogP contribution in [-0.4, -0.2) is 28.9 Å². The molecule has 7 heteroatoms. The molecule has 0 aliphatic heterocycles. The van der Waals surface area contributed by atoms with E-state index in [1.54, 1.807) is 17.1 Å². The molecule has 0 aromatic carbocycles. The van der Waals surface area contributed by atoms with Crippen LogP contribution in [0.5, 0.6) is 0 Å². The predicted molar refractivity (Wildman–Crippen MR) is 77.4 cm³/mol. The summed E-state index contributed by atoms with van der Waals surface area (Å²) in [5.74, 6) is 0.147. The van der Waals surface area contributed by atoms with E-state index >= 15 is 0 Å². The summed E-state index contributed by atoms with van der Waals surface area (Å²) in [6.07, 6.45) is 5.91. The molecule has 0 saturated carbocycles. The van der Waals surface area contributed by atoms with E-state index in [1.807, 2.05) is 32.3 Å². The van der Waals surface area contributed by atoms with Gasteiger partial charge in [0.05, 0.1) is 17.6 Å². The van der Waals surface area contributed by atoms with E-state index in [-0.39, 0.29) is 12.3 Å². The fourth-order valence-corrected chi connectivity index (χ4v) is 2.86. The molecule has 0 amide bonds. The molecule has 0 atom stereocenters. The molecule has 0 spiro atoms. The quantitative estimate of drug-likeness (QED) is 0.871. The van der Waals surface area contributed by atoms with Crippen LogP contribution in [0.2, 0.25) is 0 Å². The number of hydrogen-bond donors (Lipinski definition) is 1. The summed E-state index contributed by atoms with van der Waals surface area (Å²) in [7, 11) is -1.33. The molecule has 0 aliphatic rings.